The highest BCUT2D eigenvalue weighted by Gasteiger charge is 2.07. The van der Waals surface area contributed by atoms with Gasteiger partial charge in [-0.15, -0.1) is 11.8 Å². The summed E-state index contributed by atoms with van der Waals surface area (Å²) in [6.45, 7) is 6.52. The van der Waals surface area contributed by atoms with Crippen LogP contribution in [0.4, 0.5) is 0 Å². The Morgan fingerprint density at radius 1 is 1.60 bits per heavy atom. The summed E-state index contributed by atoms with van der Waals surface area (Å²) in [4.78, 5) is 4.33. The molecular weight excluding hydrogens is 272 g/mol. The quantitative estimate of drug-likeness (QED) is 0.642. The van der Waals surface area contributed by atoms with Crippen LogP contribution in [0, 0.1) is 0 Å². The van der Waals surface area contributed by atoms with Gasteiger partial charge in [-0.1, -0.05) is 13.8 Å². The summed E-state index contributed by atoms with van der Waals surface area (Å²) in [7, 11) is 0. The number of pyridine rings is 1. The fourth-order valence-electron chi connectivity index (χ4n) is 1.17. The van der Waals surface area contributed by atoms with Crippen LogP contribution in [-0.4, -0.2) is 23.3 Å². The Kier molecular flexibility index (Phi) is 6.29. The zero-order chi connectivity index (χ0) is 11.1. The van der Waals surface area contributed by atoms with Crippen molar-refractivity contribution in [2.24, 2.45) is 0 Å². The van der Waals surface area contributed by atoms with Gasteiger partial charge in [-0.2, -0.15) is 0 Å². The number of hydrogen-bond donors (Lipinski definition) is 1. The van der Waals surface area contributed by atoms with Gasteiger partial charge in [-0.05, 0) is 41.0 Å². The van der Waals surface area contributed by atoms with E-state index in [9.17, 15) is 0 Å². The third kappa shape index (κ3) is 5.00. The van der Waals surface area contributed by atoms with Gasteiger partial charge in [-0.25, -0.2) is 4.98 Å². The van der Waals surface area contributed by atoms with Gasteiger partial charge < -0.3 is 5.32 Å². The Morgan fingerprint density at radius 2 is 2.40 bits per heavy atom. The van der Waals surface area contributed by atoms with Gasteiger partial charge in [0.15, 0.2) is 0 Å². The number of aromatic nitrogens is 1. The highest BCUT2D eigenvalue weighted by Crippen LogP contribution is 2.27. The third-order valence-electron chi connectivity index (χ3n) is 1.90. The van der Waals surface area contributed by atoms with Crippen molar-refractivity contribution in [2.75, 3.05) is 13.1 Å². The monoisotopic (exact) mass is 288 g/mol. The van der Waals surface area contributed by atoms with E-state index in [1.807, 2.05) is 18.3 Å². The number of hydrogen-bond acceptors (Lipinski definition) is 3. The number of nitrogens with one attached hydrogen (secondary N) is 1. The highest BCUT2D eigenvalue weighted by atomic mass is 79.9. The molecule has 0 spiro atoms. The van der Waals surface area contributed by atoms with Crippen molar-refractivity contribution in [3.63, 3.8) is 0 Å². The standard InChI is InChI=1S/C11H17BrN2S/c1-3-6-13-8-9(2)15-11-10(12)5-4-7-14-11/h4-5,7,9,13H,3,6,8H2,1-2H3. The van der Waals surface area contributed by atoms with Crippen LogP contribution in [0.1, 0.15) is 20.3 Å². The van der Waals surface area contributed by atoms with Gasteiger partial charge in [0.1, 0.15) is 5.03 Å². The van der Waals surface area contributed by atoms with Crippen molar-refractivity contribution < 1.29 is 0 Å². The van der Waals surface area contributed by atoms with E-state index < -0.39 is 0 Å². The van der Waals surface area contributed by atoms with E-state index >= 15 is 0 Å². The van der Waals surface area contributed by atoms with Crippen molar-refractivity contribution >= 4 is 27.7 Å². The Hall–Kier alpha value is -0.0600. The van der Waals surface area contributed by atoms with Crippen LogP contribution in [0.25, 0.3) is 0 Å². The predicted molar refractivity (Wildman–Crippen MR) is 70.4 cm³/mol. The lowest BCUT2D eigenvalue weighted by Crippen LogP contribution is -2.23. The van der Waals surface area contributed by atoms with E-state index in [0.717, 1.165) is 22.6 Å². The van der Waals surface area contributed by atoms with Crippen LogP contribution in [-0.2, 0) is 0 Å². The first-order valence-electron chi connectivity index (χ1n) is 5.22. The van der Waals surface area contributed by atoms with Crippen LogP contribution in [0.15, 0.2) is 27.8 Å². The molecule has 0 bridgehead atoms. The summed E-state index contributed by atoms with van der Waals surface area (Å²) >= 11 is 5.30. The first-order chi connectivity index (χ1) is 7.24. The molecule has 1 heterocycles. The average molecular weight is 289 g/mol. The molecule has 1 atom stereocenters. The van der Waals surface area contributed by atoms with Gasteiger partial charge in [0.25, 0.3) is 0 Å². The third-order valence-corrected chi connectivity index (χ3v) is 3.92. The normalized spacial score (nSPS) is 12.7. The van der Waals surface area contributed by atoms with Crippen molar-refractivity contribution in [2.45, 2.75) is 30.5 Å². The van der Waals surface area contributed by atoms with Crippen molar-refractivity contribution in [3.8, 4) is 0 Å². The second-order valence-corrected chi connectivity index (χ2v) is 5.70. The topological polar surface area (TPSA) is 24.9 Å². The molecule has 84 valence electrons. The van der Waals surface area contributed by atoms with E-state index in [2.05, 4.69) is 40.1 Å². The molecule has 0 saturated carbocycles. The molecule has 1 rings (SSSR count). The Bertz CT molecular complexity index is 294. The Balaban J connectivity index is 2.37. The van der Waals surface area contributed by atoms with Gasteiger partial charge in [0.05, 0.1) is 0 Å². The Morgan fingerprint density at radius 3 is 3.07 bits per heavy atom. The van der Waals surface area contributed by atoms with Gasteiger partial charge in [0, 0.05) is 22.5 Å². The number of halogens is 1. The highest BCUT2D eigenvalue weighted by molar-refractivity contribution is 9.10. The van der Waals surface area contributed by atoms with E-state index in [-0.39, 0.29) is 0 Å². The molecule has 0 saturated heterocycles. The van der Waals surface area contributed by atoms with Crippen LogP contribution in [0.2, 0.25) is 0 Å². The van der Waals surface area contributed by atoms with E-state index in [1.54, 1.807) is 11.8 Å². The van der Waals surface area contributed by atoms with Gasteiger partial charge >= 0.3 is 0 Å². The van der Waals surface area contributed by atoms with Crippen molar-refractivity contribution in [1.29, 1.82) is 0 Å². The zero-order valence-corrected chi connectivity index (χ0v) is 11.6. The lowest BCUT2D eigenvalue weighted by molar-refractivity contribution is 0.668. The number of thioether (sulfide) groups is 1. The molecule has 0 fully saturated rings. The fourth-order valence-corrected chi connectivity index (χ4v) is 2.59. The predicted octanol–water partition coefficient (Wildman–Crippen LogP) is 3.32. The maximum absolute atomic E-state index is 4.33. The molecule has 15 heavy (non-hydrogen) atoms. The molecule has 2 nitrogen and oxygen atoms in total. The summed E-state index contributed by atoms with van der Waals surface area (Å²) in [5.41, 5.74) is 0. The molecule has 0 aliphatic carbocycles. The fraction of sp³-hybridized carbons (Fsp3) is 0.545. The van der Waals surface area contributed by atoms with E-state index in [4.69, 9.17) is 0 Å². The molecule has 0 radical (unpaired) electrons. The SMILES string of the molecule is CCCNCC(C)Sc1ncccc1Br. The maximum atomic E-state index is 4.33. The van der Waals surface area contributed by atoms with Crippen molar-refractivity contribution in [1.82, 2.24) is 10.3 Å². The van der Waals surface area contributed by atoms with Crippen LogP contribution < -0.4 is 5.32 Å². The minimum Gasteiger partial charge on any atom is -0.316 e. The van der Waals surface area contributed by atoms with Gasteiger partial charge in [-0.3, -0.25) is 0 Å². The molecule has 1 N–H and O–H groups in total. The summed E-state index contributed by atoms with van der Waals surface area (Å²) in [6.07, 6.45) is 3.02. The molecule has 0 aromatic carbocycles. The summed E-state index contributed by atoms with van der Waals surface area (Å²) < 4.78 is 1.08. The largest absolute Gasteiger partial charge is 0.316 e. The Labute approximate surface area is 104 Å². The minimum atomic E-state index is 0.544. The first kappa shape index (κ1) is 13.0. The van der Waals surface area contributed by atoms with Crippen molar-refractivity contribution in [3.05, 3.63) is 22.8 Å². The second-order valence-electron chi connectivity index (χ2n) is 3.42. The summed E-state index contributed by atoms with van der Waals surface area (Å²) in [5.74, 6) is 0. The molecule has 1 aromatic rings. The zero-order valence-electron chi connectivity index (χ0n) is 9.16. The van der Waals surface area contributed by atoms with Gasteiger partial charge in [0.2, 0.25) is 0 Å². The molecule has 0 amide bonds. The van der Waals surface area contributed by atoms with Crippen LogP contribution >= 0.6 is 27.7 Å². The van der Waals surface area contributed by atoms with Crippen LogP contribution in [0.5, 0.6) is 0 Å². The molecular formula is C11H17BrN2S. The molecule has 0 aliphatic rings. The molecule has 1 aromatic heterocycles. The minimum absolute atomic E-state index is 0.544. The lowest BCUT2D eigenvalue weighted by atomic mass is 10.4. The molecule has 1 unspecified atom stereocenters. The van der Waals surface area contributed by atoms with E-state index in [1.165, 1.54) is 6.42 Å². The molecule has 4 heteroatoms. The lowest BCUT2D eigenvalue weighted by Gasteiger charge is -2.11. The number of rotatable bonds is 6. The van der Waals surface area contributed by atoms with E-state index in [0.29, 0.717) is 5.25 Å². The first-order valence-corrected chi connectivity index (χ1v) is 6.89. The maximum Gasteiger partial charge on any atom is 0.110 e. The summed E-state index contributed by atoms with van der Waals surface area (Å²) in [6, 6.07) is 3.97. The van der Waals surface area contributed by atoms with Crippen LogP contribution in [0.3, 0.4) is 0 Å². The number of nitrogens with zero attached hydrogens (tertiary/aromatic N) is 1. The summed E-state index contributed by atoms with van der Waals surface area (Å²) in [5, 5.41) is 5.03. The smallest absolute Gasteiger partial charge is 0.110 e. The average Bonchev–Trinajstić information content (AvgIpc) is 2.22. The second kappa shape index (κ2) is 7.25. The molecule has 0 aliphatic heterocycles.